The Morgan fingerprint density at radius 2 is 1.95 bits per heavy atom. The van der Waals surface area contributed by atoms with Crippen molar-refractivity contribution >= 4 is 33.4 Å². The van der Waals surface area contributed by atoms with E-state index in [1.807, 2.05) is 20.8 Å². The van der Waals surface area contributed by atoms with Gasteiger partial charge in [-0.1, -0.05) is 13.8 Å². The van der Waals surface area contributed by atoms with Crippen LogP contribution < -0.4 is 10.6 Å². The minimum Gasteiger partial charge on any atom is -0.444 e. The molecule has 1 aromatic heterocycles. The van der Waals surface area contributed by atoms with Crippen LogP contribution in [0.3, 0.4) is 0 Å². The Kier molecular flexibility index (Phi) is 7.35. The van der Waals surface area contributed by atoms with Crippen molar-refractivity contribution in [3.05, 3.63) is 20.8 Å². The molecule has 22 heavy (non-hydrogen) atoms. The van der Waals surface area contributed by atoms with E-state index in [2.05, 4.69) is 51.9 Å². The number of hydrogen-bond donors (Lipinski definition) is 2. The van der Waals surface area contributed by atoms with Crippen LogP contribution in [0, 0.1) is 0 Å². The first-order chi connectivity index (χ1) is 10.2. The maximum atomic E-state index is 12.1. The number of ether oxygens (including phenoxy) is 1. The molecule has 6 heteroatoms. The lowest BCUT2D eigenvalue weighted by molar-refractivity contribution is 0.0446. The molecule has 0 unspecified atom stereocenters. The van der Waals surface area contributed by atoms with E-state index in [4.69, 9.17) is 4.74 Å². The lowest BCUT2D eigenvalue weighted by Crippen LogP contribution is -2.55. The third-order valence-electron chi connectivity index (χ3n) is 3.50. The van der Waals surface area contributed by atoms with Crippen LogP contribution in [0.2, 0.25) is 0 Å². The molecule has 0 aliphatic carbocycles. The number of nitrogens with one attached hydrogen (secondary N) is 2. The Hall–Kier alpha value is -0.590. The van der Waals surface area contributed by atoms with Gasteiger partial charge in [-0.05, 0) is 55.6 Å². The van der Waals surface area contributed by atoms with Gasteiger partial charge in [0.25, 0.3) is 0 Å². The van der Waals surface area contributed by atoms with Gasteiger partial charge in [0.1, 0.15) is 5.60 Å². The summed E-state index contributed by atoms with van der Waals surface area (Å²) in [5, 5.41) is 8.57. The van der Waals surface area contributed by atoms with Crippen molar-refractivity contribution in [1.29, 1.82) is 0 Å². The fourth-order valence-corrected chi connectivity index (χ4v) is 3.53. The van der Waals surface area contributed by atoms with Crippen LogP contribution in [0.4, 0.5) is 4.79 Å². The third kappa shape index (κ3) is 6.67. The van der Waals surface area contributed by atoms with Crippen LogP contribution in [0.1, 0.15) is 52.3 Å². The third-order valence-corrected chi connectivity index (χ3v) is 5.20. The lowest BCUT2D eigenvalue weighted by Gasteiger charge is -2.34. The number of halogens is 1. The summed E-state index contributed by atoms with van der Waals surface area (Å²) >= 11 is 5.18. The standard InChI is InChI=1S/C16H27BrN2O2S/c1-6-16(7-2,19-14(20)21-15(3,4)5)11-18-9-13-8-12(17)10-22-13/h8,10,18H,6-7,9,11H2,1-5H3,(H,19,20). The normalized spacial score (nSPS) is 12.3. The molecule has 0 spiro atoms. The van der Waals surface area contributed by atoms with Crippen molar-refractivity contribution in [3.8, 4) is 0 Å². The highest BCUT2D eigenvalue weighted by Crippen LogP contribution is 2.20. The van der Waals surface area contributed by atoms with Gasteiger partial charge < -0.3 is 15.4 Å². The van der Waals surface area contributed by atoms with E-state index in [0.29, 0.717) is 0 Å². The molecule has 0 aromatic carbocycles. The first-order valence-electron chi connectivity index (χ1n) is 7.64. The summed E-state index contributed by atoms with van der Waals surface area (Å²) in [6, 6.07) is 2.11. The maximum Gasteiger partial charge on any atom is 0.408 e. The topological polar surface area (TPSA) is 50.4 Å². The second-order valence-corrected chi connectivity index (χ2v) is 8.36. The molecule has 0 fully saturated rings. The van der Waals surface area contributed by atoms with Gasteiger partial charge >= 0.3 is 6.09 Å². The van der Waals surface area contributed by atoms with Gasteiger partial charge in [-0.15, -0.1) is 11.3 Å². The zero-order valence-corrected chi connectivity index (χ0v) is 16.5. The van der Waals surface area contributed by atoms with Gasteiger partial charge in [-0.25, -0.2) is 4.79 Å². The van der Waals surface area contributed by atoms with Crippen molar-refractivity contribution in [2.75, 3.05) is 6.54 Å². The Bertz CT molecular complexity index is 479. The van der Waals surface area contributed by atoms with Crippen LogP contribution in [-0.2, 0) is 11.3 Å². The number of hydrogen-bond acceptors (Lipinski definition) is 4. The lowest BCUT2D eigenvalue weighted by atomic mass is 9.93. The second kappa shape index (κ2) is 8.31. The molecule has 0 atom stereocenters. The van der Waals surface area contributed by atoms with Crippen LogP contribution in [0.15, 0.2) is 15.9 Å². The molecule has 1 rings (SSSR count). The molecule has 0 radical (unpaired) electrons. The highest BCUT2D eigenvalue weighted by atomic mass is 79.9. The Morgan fingerprint density at radius 3 is 2.41 bits per heavy atom. The van der Waals surface area contributed by atoms with Gasteiger partial charge in [0.2, 0.25) is 0 Å². The quantitative estimate of drug-likeness (QED) is 0.709. The second-order valence-electron chi connectivity index (χ2n) is 6.45. The summed E-state index contributed by atoms with van der Waals surface area (Å²) in [7, 11) is 0. The molecule has 2 N–H and O–H groups in total. The van der Waals surface area contributed by atoms with E-state index in [-0.39, 0.29) is 11.6 Å². The van der Waals surface area contributed by atoms with E-state index >= 15 is 0 Å². The summed E-state index contributed by atoms with van der Waals surface area (Å²) in [5.41, 5.74) is -0.759. The summed E-state index contributed by atoms with van der Waals surface area (Å²) in [5.74, 6) is 0. The van der Waals surface area contributed by atoms with Crippen LogP contribution >= 0.6 is 27.3 Å². The van der Waals surface area contributed by atoms with E-state index in [1.165, 1.54) is 4.88 Å². The first-order valence-corrected chi connectivity index (χ1v) is 9.32. The number of carbonyl (C=O) groups excluding carboxylic acids is 1. The summed E-state index contributed by atoms with van der Waals surface area (Å²) in [6.45, 7) is 11.3. The molecular weight excluding hydrogens is 364 g/mol. The Morgan fingerprint density at radius 1 is 1.32 bits per heavy atom. The van der Waals surface area contributed by atoms with Crippen molar-refractivity contribution < 1.29 is 9.53 Å². The van der Waals surface area contributed by atoms with E-state index < -0.39 is 5.60 Å². The molecule has 4 nitrogen and oxygen atoms in total. The molecule has 126 valence electrons. The number of amides is 1. The highest BCUT2D eigenvalue weighted by molar-refractivity contribution is 9.10. The smallest absolute Gasteiger partial charge is 0.408 e. The molecule has 0 saturated carbocycles. The largest absolute Gasteiger partial charge is 0.444 e. The monoisotopic (exact) mass is 390 g/mol. The molecule has 1 heterocycles. The molecular formula is C16H27BrN2O2S. The van der Waals surface area contributed by atoms with Crippen molar-refractivity contribution in [3.63, 3.8) is 0 Å². The summed E-state index contributed by atoms with van der Waals surface area (Å²) < 4.78 is 6.49. The van der Waals surface area contributed by atoms with Crippen molar-refractivity contribution in [2.45, 2.75) is 65.1 Å². The SMILES string of the molecule is CCC(CC)(CNCc1cc(Br)cs1)NC(=O)OC(C)(C)C. The predicted octanol–water partition coefficient (Wildman–Crippen LogP) is 4.68. The van der Waals surface area contributed by atoms with Crippen LogP contribution in [0.5, 0.6) is 0 Å². The Balaban J connectivity index is 2.56. The Labute approximate surface area is 146 Å². The number of thiophene rings is 1. The molecule has 0 bridgehead atoms. The van der Waals surface area contributed by atoms with Crippen molar-refractivity contribution in [1.82, 2.24) is 10.6 Å². The first kappa shape index (κ1) is 19.5. The average Bonchev–Trinajstić information content (AvgIpc) is 2.81. The molecule has 0 saturated heterocycles. The fourth-order valence-electron chi connectivity index (χ4n) is 2.11. The average molecular weight is 391 g/mol. The molecule has 1 aromatic rings. The molecule has 0 aliphatic heterocycles. The minimum atomic E-state index is -0.478. The number of alkyl carbamates (subject to hydrolysis) is 1. The van der Waals surface area contributed by atoms with Gasteiger partial charge in [-0.3, -0.25) is 0 Å². The van der Waals surface area contributed by atoms with Crippen LogP contribution in [-0.4, -0.2) is 23.8 Å². The fraction of sp³-hybridized carbons (Fsp3) is 0.688. The highest BCUT2D eigenvalue weighted by Gasteiger charge is 2.30. The van der Waals surface area contributed by atoms with E-state index in [1.54, 1.807) is 11.3 Å². The van der Waals surface area contributed by atoms with Gasteiger partial charge in [0, 0.05) is 27.8 Å². The van der Waals surface area contributed by atoms with Gasteiger partial charge in [0.15, 0.2) is 0 Å². The van der Waals surface area contributed by atoms with Gasteiger partial charge in [0.05, 0.1) is 5.54 Å². The minimum absolute atomic E-state index is 0.281. The summed E-state index contributed by atoms with van der Waals surface area (Å²) in [4.78, 5) is 13.3. The molecule has 1 amide bonds. The number of rotatable bonds is 7. The van der Waals surface area contributed by atoms with Gasteiger partial charge in [-0.2, -0.15) is 0 Å². The van der Waals surface area contributed by atoms with E-state index in [9.17, 15) is 4.79 Å². The predicted molar refractivity (Wildman–Crippen MR) is 96.4 cm³/mol. The zero-order chi connectivity index (χ0) is 16.8. The maximum absolute atomic E-state index is 12.1. The molecule has 0 aliphatic rings. The van der Waals surface area contributed by atoms with Crippen LogP contribution in [0.25, 0.3) is 0 Å². The van der Waals surface area contributed by atoms with E-state index in [0.717, 1.165) is 30.4 Å². The zero-order valence-electron chi connectivity index (χ0n) is 14.1. The summed E-state index contributed by atoms with van der Waals surface area (Å²) in [6.07, 6.45) is 1.35. The number of carbonyl (C=O) groups is 1. The van der Waals surface area contributed by atoms with Crippen molar-refractivity contribution in [2.24, 2.45) is 0 Å².